The number of aromatic amines is 1. The zero-order valence-corrected chi connectivity index (χ0v) is 20.7. The SMILES string of the molecule is COc1ccc(-c2[nH]c3ccc(F)cc3c2CCC(=O)N2CCN(C(=O)OC(C)(C)C)CC2)cc1. The molecule has 1 saturated heterocycles. The highest BCUT2D eigenvalue weighted by Gasteiger charge is 2.28. The number of aromatic nitrogens is 1. The summed E-state index contributed by atoms with van der Waals surface area (Å²) in [6, 6.07) is 12.3. The van der Waals surface area contributed by atoms with Gasteiger partial charge in [0.1, 0.15) is 17.2 Å². The second-order valence-corrected chi connectivity index (χ2v) is 9.75. The summed E-state index contributed by atoms with van der Waals surface area (Å²) in [6.07, 6.45) is 0.407. The number of piperazine rings is 1. The second kappa shape index (κ2) is 9.98. The molecule has 1 N–H and O–H groups in total. The summed E-state index contributed by atoms with van der Waals surface area (Å²) in [4.78, 5) is 32.1. The van der Waals surface area contributed by atoms with Crippen LogP contribution in [0.4, 0.5) is 9.18 Å². The number of H-pyrrole nitrogens is 1. The molecule has 2 heterocycles. The van der Waals surface area contributed by atoms with Crippen molar-refractivity contribution >= 4 is 22.9 Å². The van der Waals surface area contributed by atoms with Gasteiger partial charge in [-0.05, 0) is 80.8 Å². The van der Waals surface area contributed by atoms with Crippen LogP contribution in [-0.2, 0) is 16.0 Å². The maximum absolute atomic E-state index is 14.1. The lowest BCUT2D eigenvalue weighted by Gasteiger charge is -2.35. The number of amides is 2. The summed E-state index contributed by atoms with van der Waals surface area (Å²) in [5.41, 5.74) is 2.99. The lowest BCUT2D eigenvalue weighted by molar-refractivity contribution is -0.132. The third-order valence-corrected chi connectivity index (χ3v) is 6.12. The fourth-order valence-corrected chi connectivity index (χ4v) is 4.34. The number of carbonyl (C=O) groups is 2. The number of fused-ring (bicyclic) bond motifs is 1. The maximum atomic E-state index is 14.1. The first kappa shape index (κ1) is 24.6. The van der Waals surface area contributed by atoms with E-state index >= 15 is 0 Å². The Morgan fingerprint density at radius 1 is 1.00 bits per heavy atom. The van der Waals surface area contributed by atoms with Crippen molar-refractivity contribution in [2.75, 3.05) is 33.3 Å². The Morgan fingerprint density at radius 2 is 1.66 bits per heavy atom. The van der Waals surface area contributed by atoms with Crippen LogP contribution in [0.25, 0.3) is 22.2 Å². The molecule has 0 bridgehead atoms. The van der Waals surface area contributed by atoms with Gasteiger partial charge < -0.3 is 24.3 Å². The van der Waals surface area contributed by atoms with Crippen LogP contribution >= 0.6 is 0 Å². The van der Waals surface area contributed by atoms with Gasteiger partial charge >= 0.3 is 6.09 Å². The highest BCUT2D eigenvalue weighted by Crippen LogP contribution is 2.33. The Kier molecular flexibility index (Phi) is 7.00. The number of rotatable bonds is 5. The molecule has 2 amide bonds. The molecular formula is C27H32FN3O4. The average Bonchev–Trinajstić information content (AvgIpc) is 3.19. The molecule has 1 aliphatic heterocycles. The van der Waals surface area contributed by atoms with E-state index in [-0.39, 0.29) is 17.8 Å². The number of hydrogen-bond acceptors (Lipinski definition) is 4. The molecule has 1 aromatic heterocycles. The highest BCUT2D eigenvalue weighted by atomic mass is 19.1. The Labute approximate surface area is 204 Å². The predicted octanol–water partition coefficient (Wildman–Crippen LogP) is 4.99. The summed E-state index contributed by atoms with van der Waals surface area (Å²) in [7, 11) is 1.62. The molecule has 186 valence electrons. The van der Waals surface area contributed by atoms with E-state index in [1.54, 1.807) is 23.0 Å². The van der Waals surface area contributed by atoms with Crippen molar-refractivity contribution in [3.63, 3.8) is 0 Å². The summed E-state index contributed by atoms with van der Waals surface area (Å²) >= 11 is 0. The molecule has 2 aromatic carbocycles. The van der Waals surface area contributed by atoms with Crippen LogP contribution in [0.1, 0.15) is 32.8 Å². The van der Waals surface area contributed by atoms with Gasteiger partial charge in [0.2, 0.25) is 5.91 Å². The van der Waals surface area contributed by atoms with Crippen molar-refractivity contribution in [1.29, 1.82) is 0 Å². The number of hydrogen-bond donors (Lipinski definition) is 1. The second-order valence-electron chi connectivity index (χ2n) is 9.75. The molecule has 0 radical (unpaired) electrons. The summed E-state index contributed by atoms with van der Waals surface area (Å²) in [6.45, 7) is 7.31. The molecule has 0 unspecified atom stereocenters. The minimum absolute atomic E-state index is 0.0141. The fourth-order valence-electron chi connectivity index (χ4n) is 4.34. The number of nitrogens with one attached hydrogen (secondary N) is 1. The molecule has 0 aliphatic carbocycles. The Balaban J connectivity index is 1.46. The third-order valence-electron chi connectivity index (χ3n) is 6.12. The van der Waals surface area contributed by atoms with E-state index in [2.05, 4.69) is 4.98 Å². The van der Waals surface area contributed by atoms with Gasteiger partial charge in [-0.3, -0.25) is 4.79 Å². The third kappa shape index (κ3) is 5.75. The molecule has 0 spiro atoms. The van der Waals surface area contributed by atoms with Crippen molar-refractivity contribution in [1.82, 2.24) is 14.8 Å². The minimum atomic E-state index is -0.551. The van der Waals surface area contributed by atoms with Crippen molar-refractivity contribution in [2.24, 2.45) is 0 Å². The van der Waals surface area contributed by atoms with Gasteiger partial charge in [0, 0.05) is 49.2 Å². The molecule has 1 aliphatic rings. The summed E-state index contributed by atoms with van der Waals surface area (Å²) < 4.78 is 24.8. The molecule has 4 rings (SSSR count). The number of ether oxygens (including phenoxy) is 2. The summed E-state index contributed by atoms with van der Waals surface area (Å²) in [5.74, 6) is 0.446. The van der Waals surface area contributed by atoms with E-state index in [1.807, 2.05) is 45.0 Å². The van der Waals surface area contributed by atoms with Gasteiger partial charge in [0.05, 0.1) is 7.11 Å². The lowest BCUT2D eigenvalue weighted by atomic mass is 10.0. The van der Waals surface area contributed by atoms with E-state index in [0.717, 1.165) is 33.5 Å². The van der Waals surface area contributed by atoms with Crippen LogP contribution in [0.15, 0.2) is 42.5 Å². The average molecular weight is 482 g/mol. The van der Waals surface area contributed by atoms with Crippen LogP contribution in [0.3, 0.4) is 0 Å². The Morgan fingerprint density at radius 3 is 2.29 bits per heavy atom. The maximum Gasteiger partial charge on any atom is 0.410 e. The molecule has 7 nitrogen and oxygen atoms in total. The zero-order valence-electron chi connectivity index (χ0n) is 20.7. The normalized spacial score (nSPS) is 14.3. The van der Waals surface area contributed by atoms with Crippen molar-refractivity contribution in [2.45, 2.75) is 39.2 Å². The number of nitrogens with zero attached hydrogens (tertiary/aromatic N) is 2. The number of benzene rings is 2. The Hall–Kier alpha value is -3.55. The van der Waals surface area contributed by atoms with Crippen molar-refractivity contribution < 1.29 is 23.5 Å². The molecule has 1 fully saturated rings. The van der Waals surface area contributed by atoms with Gasteiger partial charge in [-0.25, -0.2) is 9.18 Å². The smallest absolute Gasteiger partial charge is 0.410 e. The van der Waals surface area contributed by atoms with E-state index in [4.69, 9.17) is 9.47 Å². The van der Waals surface area contributed by atoms with E-state index in [9.17, 15) is 14.0 Å². The fraction of sp³-hybridized carbons (Fsp3) is 0.407. The summed E-state index contributed by atoms with van der Waals surface area (Å²) in [5, 5.41) is 0.776. The first-order chi connectivity index (χ1) is 16.6. The van der Waals surface area contributed by atoms with Gasteiger partial charge in [0.25, 0.3) is 0 Å². The zero-order chi connectivity index (χ0) is 25.2. The number of carbonyl (C=O) groups excluding carboxylic acids is 2. The number of halogens is 1. The van der Waals surface area contributed by atoms with Crippen LogP contribution in [0.2, 0.25) is 0 Å². The van der Waals surface area contributed by atoms with E-state index in [0.29, 0.717) is 39.0 Å². The first-order valence-corrected chi connectivity index (χ1v) is 11.8. The Bertz CT molecular complexity index is 1210. The molecule has 0 saturated carbocycles. The van der Waals surface area contributed by atoms with Crippen LogP contribution in [-0.4, -0.2) is 65.7 Å². The lowest BCUT2D eigenvalue weighted by Crippen LogP contribution is -2.51. The highest BCUT2D eigenvalue weighted by molar-refractivity contribution is 5.91. The van der Waals surface area contributed by atoms with Crippen molar-refractivity contribution in [3.05, 3.63) is 53.8 Å². The van der Waals surface area contributed by atoms with Crippen LogP contribution < -0.4 is 4.74 Å². The molecule has 8 heteroatoms. The topological polar surface area (TPSA) is 74.9 Å². The van der Waals surface area contributed by atoms with Crippen molar-refractivity contribution in [3.8, 4) is 17.0 Å². The van der Waals surface area contributed by atoms with E-state index < -0.39 is 5.60 Å². The largest absolute Gasteiger partial charge is 0.497 e. The standard InChI is InChI=1S/C27H32FN3O4/c1-27(2,3)35-26(33)31-15-13-30(14-16-31)24(32)12-10-21-22-17-19(28)7-11-23(22)29-25(21)18-5-8-20(34-4)9-6-18/h5-9,11,17,29H,10,12-16H2,1-4H3. The molecular weight excluding hydrogens is 449 g/mol. The van der Waals surface area contributed by atoms with Crippen LogP contribution in [0, 0.1) is 5.82 Å². The molecule has 0 atom stereocenters. The van der Waals surface area contributed by atoms with Gasteiger partial charge in [0.15, 0.2) is 0 Å². The van der Waals surface area contributed by atoms with Gasteiger partial charge in [-0.15, -0.1) is 0 Å². The van der Waals surface area contributed by atoms with Gasteiger partial charge in [-0.1, -0.05) is 0 Å². The minimum Gasteiger partial charge on any atom is -0.497 e. The number of methoxy groups -OCH3 is 1. The van der Waals surface area contributed by atoms with Gasteiger partial charge in [-0.2, -0.15) is 0 Å². The molecule has 35 heavy (non-hydrogen) atoms. The monoisotopic (exact) mass is 481 g/mol. The van der Waals surface area contributed by atoms with E-state index in [1.165, 1.54) is 12.1 Å². The van der Waals surface area contributed by atoms with Crippen LogP contribution in [0.5, 0.6) is 5.75 Å². The first-order valence-electron chi connectivity index (χ1n) is 11.8. The predicted molar refractivity (Wildman–Crippen MR) is 133 cm³/mol. The molecule has 3 aromatic rings. The quantitative estimate of drug-likeness (QED) is 0.557. The number of aryl methyl sites for hydroxylation is 1.